The van der Waals surface area contributed by atoms with Crippen molar-refractivity contribution in [3.8, 4) is 6.07 Å². The topological polar surface area (TPSA) is 44.1 Å². The zero-order chi connectivity index (χ0) is 16.6. The molecule has 5 heteroatoms. The van der Waals surface area contributed by atoms with Crippen molar-refractivity contribution in [3.63, 3.8) is 0 Å². The van der Waals surface area contributed by atoms with Crippen LogP contribution >= 0.6 is 27.5 Å². The lowest BCUT2D eigenvalue weighted by atomic mass is 10.0. The number of benzene rings is 2. The number of amides is 1. The molecular weight excluding hydrogens is 376 g/mol. The number of rotatable bonds is 2. The van der Waals surface area contributed by atoms with E-state index in [0.29, 0.717) is 22.7 Å². The molecule has 3 nitrogen and oxygen atoms in total. The monoisotopic (exact) mass is 388 g/mol. The zero-order valence-electron chi connectivity index (χ0n) is 12.5. The average Bonchev–Trinajstić information content (AvgIpc) is 2.88. The van der Waals surface area contributed by atoms with Gasteiger partial charge in [0.25, 0.3) is 0 Å². The highest BCUT2D eigenvalue weighted by Crippen LogP contribution is 2.37. The highest BCUT2D eigenvalue weighted by molar-refractivity contribution is 9.10. The Balaban J connectivity index is 1.87. The Kier molecular flexibility index (Phi) is 4.43. The van der Waals surface area contributed by atoms with Gasteiger partial charge in [-0.1, -0.05) is 45.7 Å². The number of nitriles is 1. The Bertz CT molecular complexity index is 828. The molecule has 0 unspecified atom stereocenters. The number of carbonyl (C=O) groups is 1. The molecule has 0 spiro atoms. The Morgan fingerprint density at radius 3 is 2.83 bits per heavy atom. The molecule has 2 aromatic carbocycles. The third-order valence-electron chi connectivity index (χ3n) is 4.29. The van der Waals surface area contributed by atoms with Crippen LogP contribution in [0.4, 0.5) is 0 Å². The molecule has 1 atom stereocenters. The maximum Gasteiger partial charge on any atom is 0.227 e. The van der Waals surface area contributed by atoms with Gasteiger partial charge in [-0.25, -0.2) is 0 Å². The van der Waals surface area contributed by atoms with Gasteiger partial charge in [0.05, 0.1) is 24.1 Å². The minimum absolute atomic E-state index is 0.0167. The van der Waals surface area contributed by atoms with Gasteiger partial charge in [-0.15, -0.1) is 0 Å². The van der Waals surface area contributed by atoms with Gasteiger partial charge in [-0.3, -0.25) is 4.79 Å². The van der Waals surface area contributed by atoms with Crippen molar-refractivity contribution in [1.82, 2.24) is 4.90 Å². The predicted molar refractivity (Wildman–Crippen MR) is 93.0 cm³/mol. The maximum atomic E-state index is 12.8. The minimum atomic E-state index is -0.0230. The fourth-order valence-electron chi connectivity index (χ4n) is 3.01. The molecule has 1 heterocycles. The molecule has 1 aliphatic heterocycles. The van der Waals surface area contributed by atoms with Crippen LogP contribution < -0.4 is 0 Å². The number of hydrogen-bond donors (Lipinski definition) is 0. The van der Waals surface area contributed by atoms with E-state index in [1.807, 2.05) is 30.0 Å². The molecule has 0 N–H and O–H groups in total. The number of fused-ring (bicyclic) bond motifs is 1. The fraction of sp³-hybridized carbons (Fsp3) is 0.222. The van der Waals surface area contributed by atoms with E-state index >= 15 is 0 Å². The van der Waals surface area contributed by atoms with Crippen molar-refractivity contribution >= 4 is 33.4 Å². The van der Waals surface area contributed by atoms with Crippen LogP contribution in [0.1, 0.15) is 35.2 Å². The van der Waals surface area contributed by atoms with E-state index in [2.05, 4.69) is 22.0 Å². The summed E-state index contributed by atoms with van der Waals surface area (Å²) in [5.41, 5.74) is 3.36. The number of carbonyl (C=O) groups excluding carboxylic acids is 1. The summed E-state index contributed by atoms with van der Waals surface area (Å²) in [7, 11) is 0. The molecule has 0 aliphatic carbocycles. The molecule has 1 amide bonds. The molecular formula is C18H14BrClN2O. The van der Waals surface area contributed by atoms with E-state index in [1.54, 1.807) is 18.2 Å². The third kappa shape index (κ3) is 2.87. The first-order chi connectivity index (χ1) is 11.0. The normalized spacial score (nSPS) is 16.1. The van der Waals surface area contributed by atoms with Crippen LogP contribution in [0.5, 0.6) is 0 Å². The lowest BCUT2D eigenvalue weighted by Gasteiger charge is -2.22. The first kappa shape index (κ1) is 16.0. The lowest BCUT2D eigenvalue weighted by molar-refractivity contribution is -0.132. The minimum Gasteiger partial charge on any atom is -0.331 e. The maximum absolute atomic E-state index is 12.8. The SMILES string of the molecule is C[C@H]1c2cccc(Br)c2CN1C(=O)Cc1c(Cl)cccc1C#N. The molecule has 23 heavy (non-hydrogen) atoms. The summed E-state index contributed by atoms with van der Waals surface area (Å²) < 4.78 is 1.02. The standard InChI is InChI=1S/C18H14BrClN2O/c1-11-13-5-3-6-16(19)15(13)10-22(11)18(23)8-14-12(9-21)4-2-7-17(14)20/h2-7,11H,8,10H2,1H3/t11-/m0/s1. The molecule has 0 bridgehead atoms. The molecule has 3 rings (SSSR count). The molecule has 0 aromatic heterocycles. The van der Waals surface area contributed by atoms with Crippen LogP contribution in [0.25, 0.3) is 0 Å². The van der Waals surface area contributed by atoms with E-state index in [9.17, 15) is 10.1 Å². The van der Waals surface area contributed by atoms with E-state index in [4.69, 9.17) is 11.6 Å². The Labute approximate surface area is 148 Å². The predicted octanol–water partition coefficient (Wildman–Crippen LogP) is 4.62. The summed E-state index contributed by atoms with van der Waals surface area (Å²) in [6.45, 7) is 2.59. The zero-order valence-corrected chi connectivity index (χ0v) is 14.9. The highest BCUT2D eigenvalue weighted by Gasteiger charge is 2.31. The number of hydrogen-bond acceptors (Lipinski definition) is 2. The van der Waals surface area contributed by atoms with Crippen molar-refractivity contribution in [1.29, 1.82) is 5.26 Å². The largest absolute Gasteiger partial charge is 0.331 e. The number of halogens is 2. The van der Waals surface area contributed by atoms with Crippen molar-refractivity contribution in [2.75, 3.05) is 0 Å². The fourth-order valence-corrected chi connectivity index (χ4v) is 3.76. The Hall–Kier alpha value is -1.83. The second-order valence-corrected chi connectivity index (χ2v) is 6.82. The van der Waals surface area contributed by atoms with Crippen molar-refractivity contribution in [2.24, 2.45) is 0 Å². The highest BCUT2D eigenvalue weighted by atomic mass is 79.9. The van der Waals surface area contributed by atoms with E-state index in [1.165, 1.54) is 0 Å². The second kappa shape index (κ2) is 6.35. The molecule has 1 aliphatic rings. The van der Waals surface area contributed by atoms with Crippen LogP contribution in [0, 0.1) is 11.3 Å². The van der Waals surface area contributed by atoms with E-state index in [0.717, 1.165) is 15.6 Å². The van der Waals surface area contributed by atoms with Crippen molar-refractivity contribution < 1.29 is 4.79 Å². The number of nitrogens with zero attached hydrogens (tertiary/aromatic N) is 2. The smallest absolute Gasteiger partial charge is 0.227 e. The summed E-state index contributed by atoms with van der Waals surface area (Å²) in [4.78, 5) is 14.6. The molecule has 0 saturated heterocycles. The summed E-state index contributed by atoms with van der Waals surface area (Å²) in [5.74, 6) is -0.0230. The summed E-state index contributed by atoms with van der Waals surface area (Å²) in [5, 5.41) is 9.67. The van der Waals surface area contributed by atoms with Gasteiger partial charge in [0, 0.05) is 16.0 Å². The molecule has 0 fully saturated rings. The van der Waals surface area contributed by atoms with Crippen LogP contribution in [0.2, 0.25) is 5.02 Å². The van der Waals surface area contributed by atoms with Gasteiger partial charge >= 0.3 is 0 Å². The van der Waals surface area contributed by atoms with Crippen molar-refractivity contribution in [2.45, 2.75) is 25.9 Å². The second-order valence-electron chi connectivity index (χ2n) is 5.56. The average molecular weight is 390 g/mol. The van der Waals surface area contributed by atoms with Crippen LogP contribution in [0.15, 0.2) is 40.9 Å². The van der Waals surface area contributed by atoms with Gasteiger partial charge in [-0.05, 0) is 41.8 Å². The summed E-state index contributed by atoms with van der Waals surface area (Å²) in [6.07, 6.45) is 0.137. The first-order valence-electron chi connectivity index (χ1n) is 7.27. The third-order valence-corrected chi connectivity index (χ3v) is 5.39. The Morgan fingerprint density at radius 1 is 1.39 bits per heavy atom. The molecule has 2 aromatic rings. The van der Waals surface area contributed by atoms with Gasteiger partial charge < -0.3 is 4.90 Å². The van der Waals surface area contributed by atoms with Gasteiger partial charge in [0.15, 0.2) is 0 Å². The molecule has 0 saturated carbocycles. The summed E-state index contributed by atoms with van der Waals surface area (Å²) in [6, 6.07) is 13.3. The van der Waals surface area contributed by atoms with Crippen LogP contribution in [0.3, 0.4) is 0 Å². The quantitative estimate of drug-likeness (QED) is 0.752. The van der Waals surface area contributed by atoms with E-state index in [-0.39, 0.29) is 18.4 Å². The first-order valence-corrected chi connectivity index (χ1v) is 8.44. The van der Waals surface area contributed by atoms with Gasteiger partial charge in [-0.2, -0.15) is 5.26 Å². The van der Waals surface area contributed by atoms with Gasteiger partial charge in [0.1, 0.15) is 0 Å². The lowest BCUT2D eigenvalue weighted by Crippen LogP contribution is -2.30. The molecule has 116 valence electrons. The van der Waals surface area contributed by atoms with Gasteiger partial charge in [0.2, 0.25) is 5.91 Å². The molecule has 0 radical (unpaired) electrons. The van der Waals surface area contributed by atoms with E-state index < -0.39 is 0 Å². The van der Waals surface area contributed by atoms with Crippen LogP contribution in [-0.4, -0.2) is 10.8 Å². The van der Waals surface area contributed by atoms with Crippen molar-refractivity contribution in [3.05, 3.63) is 68.1 Å². The Morgan fingerprint density at radius 2 is 2.13 bits per heavy atom. The summed E-state index contributed by atoms with van der Waals surface area (Å²) >= 11 is 9.73. The van der Waals surface area contributed by atoms with Crippen LogP contribution in [-0.2, 0) is 17.8 Å².